The van der Waals surface area contributed by atoms with Crippen molar-refractivity contribution in [2.45, 2.75) is 6.54 Å². The molecule has 0 unspecified atom stereocenters. The largest absolute Gasteiger partial charge is 0.460 e. The van der Waals surface area contributed by atoms with Crippen molar-refractivity contribution in [2.75, 3.05) is 23.5 Å². The summed E-state index contributed by atoms with van der Waals surface area (Å²) >= 11 is 0. The van der Waals surface area contributed by atoms with Crippen molar-refractivity contribution in [2.24, 2.45) is 5.73 Å². The van der Waals surface area contributed by atoms with Crippen molar-refractivity contribution in [3.05, 3.63) is 103 Å². The van der Waals surface area contributed by atoms with Crippen molar-refractivity contribution in [1.29, 1.82) is 0 Å². The van der Waals surface area contributed by atoms with Crippen LogP contribution in [0.15, 0.2) is 102 Å². The van der Waals surface area contributed by atoms with Crippen LogP contribution in [0, 0.1) is 0 Å². The summed E-state index contributed by atoms with van der Waals surface area (Å²) < 4.78 is 34.9. The van der Waals surface area contributed by atoms with E-state index in [2.05, 4.69) is 15.6 Å². The predicted octanol–water partition coefficient (Wildman–Crippen LogP) is 5.45. The quantitative estimate of drug-likeness (QED) is 0.194. The molecule has 4 N–H and O–H groups in total. The Morgan fingerprint density at radius 3 is 2.47 bits per heavy atom. The van der Waals surface area contributed by atoms with Gasteiger partial charge in [0.25, 0.3) is 0 Å². The monoisotopic (exact) mass is 528 g/mol. The summed E-state index contributed by atoms with van der Waals surface area (Å²) in [4.78, 5) is 4.50. The molecule has 0 saturated heterocycles. The minimum atomic E-state index is -3.21. The first-order valence-electron chi connectivity index (χ1n) is 12.2. The van der Waals surface area contributed by atoms with Gasteiger partial charge in [-0.2, -0.15) is 0 Å². The van der Waals surface area contributed by atoms with Gasteiger partial charge in [0.1, 0.15) is 23.0 Å². The summed E-state index contributed by atoms with van der Waals surface area (Å²) in [7, 11) is -3.21. The van der Waals surface area contributed by atoms with Crippen molar-refractivity contribution >= 4 is 32.1 Å². The molecule has 8 nitrogen and oxygen atoms in total. The molecule has 0 aliphatic heterocycles. The lowest BCUT2D eigenvalue weighted by atomic mass is 10.1. The molecule has 5 aromatic rings. The molecule has 0 saturated carbocycles. The highest BCUT2D eigenvalue weighted by Gasteiger charge is 2.10. The van der Waals surface area contributed by atoms with E-state index in [1.807, 2.05) is 91.0 Å². The molecule has 0 aliphatic rings. The van der Waals surface area contributed by atoms with Gasteiger partial charge in [-0.1, -0.05) is 18.2 Å². The number of furan rings is 1. The fourth-order valence-corrected chi connectivity index (χ4v) is 4.57. The molecule has 0 radical (unpaired) electrons. The Balaban J connectivity index is 1.28. The average molecular weight is 529 g/mol. The smallest absolute Gasteiger partial charge is 0.164 e. The maximum absolute atomic E-state index is 11.5. The Morgan fingerprint density at radius 2 is 1.68 bits per heavy atom. The molecule has 2 heterocycles. The Kier molecular flexibility index (Phi) is 7.69. The summed E-state index contributed by atoms with van der Waals surface area (Å²) in [5, 5.41) is 7.52. The Hall–Kier alpha value is -4.18. The SMILES string of the molecule is NCS(=O)(=O)CCNCc1ccc(-c2ccc3nccc(Nc4ccc(Oc5ccccc5)cc4)c3c2)o1. The van der Waals surface area contributed by atoms with Crippen molar-refractivity contribution in [1.82, 2.24) is 10.3 Å². The number of sulfone groups is 1. The van der Waals surface area contributed by atoms with Gasteiger partial charge in [-0.3, -0.25) is 4.98 Å². The third kappa shape index (κ3) is 6.38. The van der Waals surface area contributed by atoms with E-state index >= 15 is 0 Å². The topological polar surface area (TPSA) is 119 Å². The second-order valence-electron chi connectivity index (χ2n) is 8.71. The van der Waals surface area contributed by atoms with Crippen LogP contribution in [-0.4, -0.2) is 31.6 Å². The number of nitrogens with two attached hydrogens (primary N) is 1. The number of fused-ring (bicyclic) bond motifs is 1. The second kappa shape index (κ2) is 11.5. The van der Waals surface area contributed by atoms with Crippen molar-refractivity contribution in [3.63, 3.8) is 0 Å². The maximum atomic E-state index is 11.5. The van der Waals surface area contributed by atoms with E-state index in [9.17, 15) is 8.42 Å². The molecule has 0 bridgehead atoms. The van der Waals surface area contributed by atoms with E-state index in [0.717, 1.165) is 45.1 Å². The standard InChI is InChI=1S/C29H28N4O4S/c30-20-38(34,35)17-16-31-19-25-11-13-29(37-25)21-6-12-27-26(18-21)28(14-15-32-27)33-22-7-9-24(10-8-22)36-23-4-2-1-3-5-23/h1-15,18,31H,16-17,19-20,30H2,(H,32,33). The van der Waals surface area contributed by atoms with Crippen LogP contribution >= 0.6 is 0 Å². The zero-order chi connectivity index (χ0) is 26.4. The van der Waals surface area contributed by atoms with E-state index in [1.54, 1.807) is 6.20 Å². The lowest BCUT2D eigenvalue weighted by molar-refractivity contribution is 0.483. The van der Waals surface area contributed by atoms with Crippen LogP contribution in [-0.2, 0) is 16.4 Å². The third-order valence-corrected chi connectivity index (χ3v) is 7.28. The van der Waals surface area contributed by atoms with Gasteiger partial charge in [-0.25, -0.2) is 8.42 Å². The van der Waals surface area contributed by atoms with Gasteiger partial charge >= 0.3 is 0 Å². The number of anilines is 2. The van der Waals surface area contributed by atoms with Gasteiger partial charge in [0.2, 0.25) is 0 Å². The number of pyridine rings is 1. The Bertz CT molecular complexity index is 1620. The molecule has 38 heavy (non-hydrogen) atoms. The van der Waals surface area contributed by atoms with E-state index in [4.69, 9.17) is 14.9 Å². The molecule has 2 aromatic heterocycles. The zero-order valence-corrected chi connectivity index (χ0v) is 21.4. The van der Waals surface area contributed by atoms with Crippen LogP contribution < -0.4 is 21.1 Å². The first-order valence-corrected chi connectivity index (χ1v) is 14.0. The minimum absolute atomic E-state index is 0.00665. The molecule has 0 atom stereocenters. The molecule has 0 spiro atoms. The van der Waals surface area contributed by atoms with E-state index in [0.29, 0.717) is 18.8 Å². The van der Waals surface area contributed by atoms with Crippen molar-refractivity contribution in [3.8, 4) is 22.8 Å². The minimum Gasteiger partial charge on any atom is -0.460 e. The average Bonchev–Trinajstić information content (AvgIpc) is 3.42. The van der Waals surface area contributed by atoms with Gasteiger partial charge < -0.3 is 25.5 Å². The molecule has 0 fully saturated rings. The number of ether oxygens (including phenoxy) is 1. The highest BCUT2D eigenvalue weighted by Crippen LogP contribution is 2.31. The lowest BCUT2D eigenvalue weighted by Crippen LogP contribution is -2.26. The van der Waals surface area contributed by atoms with Gasteiger partial charge in [0, 0.05) is 35.1 Å². The molecule has 0 amide bonds. The Morgan fingerprint density at radius 1 is 0.895 bits per heavy atom. The lowest BCUT2D eigenvalue weighted by Gasteiger charge is -2.11. The molecular weight excluding hydrogens is 500 g/mol. The fraction of sp³-hybridized carbons (Fsp3) is 0.138. The molecule has 9 heteroatoms. The van der Waals surface area contributed by atoms with Crippen LogP contribution in [0.5, 0.6) is 11.5 Å². The van der Waals surface area contributed by atoms with Gasteiger partial charge in [-0.05, 0) is 72.8 Å². The van der Waals surface area contributed by atoms with Crippen LogP contribution in [0.1, 0.15) is 5.76 Å². The second-order valence-corrected chi connectivity index (χ2v) is 10.9. The highest BCUT2D eigenvalue weighted by atomic mass is 32.2. The number of benzene rings is 3. The van der Waals surface area contributed by atoms with Gasteiger partial charge in [0.15, 0.2) is 9.84 Å². The third-order valence-electron chi connectivity index (χ3n) is 5.94. The number of hydrogen-bond donors (Lipinski definition) is 3. The number of hydrogen-bond acceptors (Lipinski definition) is 8. The summed E-state index contributed by atoms with van der Waals surface area (Å²) in [6, 6.07) is 29.2. The van der Waals surface area contributed by atoms with Gasteiger partial charge in [0.05, 0.1) is 23.7 Å². The number of nitrogens with one attached hydrogen (secondary N) is 2. The Labute approximate surface area is 221 Å². The van der Waals surface area contributed by atoms with Crippen LogP contribution in [0.25, 0.3) is 22.2 Å². The highest BCUT2D eigenvalue weighted by molar-refractivity contribution is 7.91. The van der Waals surface area contributed by atoms with Crippen LogP contribution in [0.3, 0.4) is 0 Å². The molecular formula is C29H28N4O4S. The number of aromatic nitrogens is 1. The van der Waals surface area contributed by atoms with E-state index in [-0.39, 0.29) is 11.6 Å². The maximum Gasteiger partial charge on any atom is 0.164 e. The van der Waals surface area contributed by atoms with Crippen molar-refractivity contribution < 1.29 is 17.6 Å². The van der Waals surface area contributed by atoms with Gasteiger partial charge in [-0.15, -0.1) is 0 Å². The zero-order valence-electron chi connectivity index (χ0n) is 20.6. The normalized spacial score (nSPS) is 11.5. The number of para-hydroxylation sites is 1. The molecule has 5 rings (SSSR count). The summed E-state index contributed by atoms with van der Waals surface area (Å²) in [5.41, 5.74) is 8.86. The first-order chi connectivity index (χ1) is 18.5. The fourth-order valence-electron chi connectivity index (χ4n) is 3.95. The van der Waals surface area contributed by atoms with E-state index in [1.165, 1.54) is 0 Å². The van der Waals surface area contributed by atoms with E-state index < -0.39 is 9.84 Å². The number of rotatable bonds is 11. The summed E-state index contributed by atoms with van der Waals surface area (Å²) in [5.74, 6) is 2.63. The summed E-state index contributed by atoms with van der Waals surface area (Å²) in [6.07, 6.45) is 1.78. The molecule has 194 valence electrons. The summed E-state index contributed by atoms with van der Waals surface area (Å²) in [6.45, 7) is 0.734. The van der Waals surface area contributed by atoms with Crippen LogP contribution in [0.4, 0.5) is 11.4 Å². The number of nitrogens with zero attached hydrogens (tertiary/aromatic N) is 1. The van der Waals surface area contributed by atoms with Crippen LogP contribution in [0.2, 0.25) is 0 Å². The molecule has 0 aliphatic carbocycles. The molecule has 3 aromatic carbocycles. The first kappa shape index (κ1) is 25.5. The predicted molar refractivity (Wildman–Crippen MR) is 150 cm³/mol.